The average Bonchev–Trinajstić information content (AvgIpc) is 3.07. The zero-order chi connectivity index (χ0) is 22.3. The number of anilines is 1. The van der Waals surface area contributed by atoms with Gasteiger partial charge in [0, 0.05) is 0 Å². The summed E-state index contributed by atoms with van der Waals surface area (Å²) in [6, 6.07) is 6.05. The number of hydrogen-bond donors (Lipinski definition) is 1. The molecule has 0 saturated heterocycles. The first-order valence-corrected chi connectivity index (χ1v) is 9.63. The molecular weight excluding hydrogens is 414 g/mol. The highest BCUT2D eigenvalue weighted by Crippen LogP contribution is 2.34. The van der Waals surface area contributed by atoms with Crippen LogP contribution in [-0.2, 0) is 19.0 Å². The molecule has 0 atom stereocenters. The van der Waals surface area contributed by atoms with E-state index in [-0.39, 0.29) is 28.7 Å². The molecule has 2 rings (SSSR count). The minimum Gasteiger partial charge on any atom is -0.484 e. The summed E-state index contributed by atoms with van der Waals surface area (Å²) in [6.45, 7) is 3.01. The lowest BCUT2D eigenvalue weighted by molar-refractivity contribution is -0.118. The molecule has 10 heteroatoms. The van der Waals surface area contributed by atoms with Crippen molar-refractivity contribution in [3.8, 4) is 5.75 Å². The summed E-state index contributed by atoms with van der Waals surface area (Å²) in [7, 11) is 2.50. The molecule has 30 heavy (non-hydrogen) atoms. The first-order valence-electron chi connectivity index (χ1n) is 8.82. The predicted octanol–water partition coefficient (Wildman–Crippen LogP) is 2.82. The number of carbonyl (C=O) groups is 4. The summed E-state index contributed by atoms with van der Waals surface area (Å²) in [5.74, 6) is -1.95. The van der Waals surface area contributed by atoms with Gasteiger partial charge in [-0.15, -0.1) is 11.3 Å². The minimum atomic E-state index is -0.656. The molecule has 0 aliphatic rings. The third-order valence-electron chi connectivity index (χ3n) is 3.90. The van der Waals surface area contributed by atoms with Crippen molar-refractivity contribution in [2.75, 3.05) is 32.8 Å². The molecule has 1 amide bonds. The fourth-order valence-electron chi connectivity index (χ4n) is 2.45. The van der Waals surface area contributed by atoms with Gasteiger partial charge in [-0.1, -0.05) is 0 Å². The summed E-state index contributed by atoms with van der Waals surface area (Å²) in [4.78, 5) is 48.2. The molecule has 1 aromatic heterocycles. The van der Waals surface area contributed by atoms with Crippen LogP contribution in [0.25, 0.3) is 0 Å². The highest BCUT2D eigenvalue weighted by Gasteiger charge is 2.27. The Morgan fingerprint density at radius 2 is 1.60 bits per heavy atom. The molecule has 1 N–H and O–H groups in total. The number of methoxy groups -OCH3 is 2. The molecule has 160 valence electrons. The Balaban J connectivity index is 2.12. The van der Waals surface area contributed by atoms with Gasteiger partial charge in [-0.2, -0.15) is 0 Å². The van der Waals surface area contributed by atoms with Crippen LogP contribution < -0.4 is 10.1 Å². The van der Waals surface area contributed by atoms with Crippen molar-refractivity contribution in [1.29, 1.82) is 0 Å². The Kier molecular flexibility index (Phi) is 7.93. The van der Waals surface area contributed by atoms with E-state index in [1.54, 1.807) is 13.8 Å². The van der Waals surface area contributed by atoms with Crippen LogP contribution in [0, 0.1) is 6.92 Å². The van der Waals surface area contributed by atoms with Crippen LogP contribution in [0.5, 0.6) is 5.75 Å². The number of carbonyl (C=O) groups excluding carboxylic acids is 4. The molecule has 1 heterocycles. The van der Waals surface area contributed by atoms with E-state index in [2.05, 4.69) is 10.1 Å². The van der Waals surface area contributed by atoms with Gasteiger partial charge in [-0.05, 0) is 43.7 Å². The van der Waals surface area contributed by atoms with Crippen molar-refractivity contribution in [3.05, 3.63) is 45.8 Å². The van der Waals surface area contributed by atoms with Crippen molar-refractivity contribution < 1.29 is 38.1 Å². The molecule has 0 aliphatic heterocycles. The summed E-state index contributed by atoms with van der Waals surface area (Å²) >= 11 is 0.916. The topological polar surface area (TPSA) is 117 Å². The van der Waals surface area contributed by atoms with Crippen LogP contribution in [0.1, 0.15) is 42.9 Å². The fourth-order valence-corrected chi connectivity index (χ4v) is 3.58. The van der Waals surface area contributed by atoms with E-state index in [0.29, 0.717) is 16.9 Å². The third kappa shape index (κ3) is 5.35. The maximum atomic E-state index is 12.3. The van der Waals surface area contributed by atoms with E-state index in [4.69, 9.17) is 14.2 Å². The van der Waals surface area contributed by atoms with Crippen molar-refractivity contribution in [2.45, 2.75) is 13.8 Å². The van der Waals surface area contributed by atoms with Gasteiger partial charge in [0.1, 0.15) is 15.6 Å². The molecule has 9 nitrogen and oxygen atoms in total. The number of nitrogens with one attached hydrogen (secondary N) is 1. The first-order chi connectivity index (χ1) is 14.3. The number of ether oxygens (including phenoxy) is 4. The quantitative estimate of drug-likeness (QED) is 0.497. The monoisotopic (exact) mass is 435 g/mol. The zero-order valence-electron chi connectivity index (χ0n) is 16.9. The molecular formula is C20H21NO8S. The number of hydrogen-bond acceptors (Lipinski definition) is 9. The summed E-state index contributed by atoms with van der Waals surface area (Å²) in [5.41, 5.74) is 0.802. The average molecular weight is 435 g/mol. The lowest BCUT2D eigenvalue weighted by Gasteiger charge is -2.09. The van der Waals surface area contributed by atoms with Gasteiger partial charge in [0.2, 0.25) is 0 Å². The fraction of sp³-hybridized carbons (Fsp3) is 0.300. The van der Waals surface area contributed by atoms with Crippen molar-refractivity contribution in [2.24, 2.45) is 0 Å². The Bertz CT molecular complexity index is 948. The van der Waals surface area contributed by atoms with Gasteiger partial charge >= 0.3 is 17.9 Å². The summed E-state index contributed by atoms with van der Waals surface area (Å²) in [5, 5.41) is 2.74. The van der Waals surface area contributed by atoms with E-state index in [0.717, 1.165) is 11.3 Å². The normalized spacial score (nSPS) is 10.1. The Morgan fingerprint density at radius 3 is 2.17 bits per heavy atom. The van der Waals surface area contributed by atoms with E-state index in [9.17, 15) is 19.2 Å². The van der Waals surface area contributed by atoms with Gasteiger partial charge in [0.05, 0.1) is 32.0 Å². The molecule has 1 aromatic carbocycles. The van der Waals surface area contributed by atoms with Crippen LogP contribution in [0.4, 0.5) is 5.00 Å². The number of thiophene rings is 1. The summed E-state index contributed by atoms with van der Waals surface area (Å²) in [6.07, 6.45) is 0. The second kappa shape index (κ2) is 10.4. The molecule has 0 unspecified atom stereocenters. The highest BCUT2D eigenvalue weighted by molar-refractivity contribution is 7.18. The van der Waals surface area contributed by atoms with Crippen LogP contribution in [0.3, 0.4) is 0 Å². The molecule has 0 fully saturated rings. The van der Waals surface area contributed by atoms with Crippen molar-refractivity contribution >= 4 is 40.2 Å². The Labute approximate surface area is 176 Å². The molecule has 0 radical (unpaired) electrons. The van der Waals surface area contributed by atoms with E-state index < -0.39 is 23.8 Å². The lowest BCUT2D eigenvalue weighted by atomic mass is 10.1. The number of benzene rings is 1. The third-order valence-corrected chi connectivity index (χ3v) is 5.08. The maximum Gasteiger partial charge on any atom is 0.348 e. The van der Waals surface area contributed by atoms with Crippen LogP contribution in [-0.4, -0.2) is 51.2 Å². The van der Waals surface area contributed by atoms with Gasteiger partial charge in [0.25, 0.3) is 5.91 Å². The van der Waals surface area contributed by atoms with Crippen molar-refractivity contribution in [1.82, 2.24) is 0 Å². The van der Waals surface area contributed by atoms with Crippen LogP contribution in [0.15, 0.2) is 24.3 Å². The molecule has 0 aliphatic carbocycles. The molecule has 0 spiro atoms. The zero-order valence-corrected chi connectivity index (χ0v) is 17.7. The Hall–Kier alpha value is -3.40. The number of esters is 3. The molecule has 2 aromatic rings. The molecule has 0 bridgehead atoms. The van der Waals surface area contributed by atoms with Gasteiger partial charge in [0.15, 0.2) is 6.61 Å². The predicted molar refractivity (Wildman–Crippen MR) is 108 cm³/mol. The SMILES string of the molecule is CCOC(=O)c1c(NC(=O)COc2ccc(C(=O)OC)cc2)sc(C(=O)OC)c1C. The largest absolute Gasteiger partial charge is 0.484 e. The Morgan fingerprint density at radius 1 is 0.967 bits per heavy atom. The standard InChI is InChI=1S/C20H21NO8S/c1-5-28-19(24)15-11(2)16(20(25)27-4)30-17(15)21-14(22)10-29-13-8-6-12(7-9-13)18(23)26-3/h6-9H,5,10H2,1-4H3,(H,21,22). The summed E-state index contributed by atoms with van der Waals surface area (Å²) < 4.78 is 19.7. The van der Waals surface area contributed by atoms with E-state index in [1.165, 1.54) is 38.5 Å². The smallest absolute Gasteiger partial charge is 0.348 e. The van der Waals surface area contributed by atoms with E-state index >= 15 is 0 Å². The lowest BCUT2D eigenvalue weighted by Crippen LogP contribution is -2.21. The van der Waals surface area contributed by atoms with Gasteiger partial charge < -0.3 is 24.3 Å². The minimum absolute atomic E-state index is 0.0954. The maximum absolute atomic E-state index is 12.3. The number of rotatable bonds is 8. The second-order valence-electron chi connectivity index (χ2n) is 5.83. The van der Waals surface area contributed by atoms with E-state index in [1.807, 2.05) is 0 Å². The first kappa shape index (κ1) is 22.9. The van der Waals surface area contributed by atoms with Crippen molar-refractivity contribution in [3.63, 3.8) is 0 Å². The number of amides is 1. The van der Waals surface area contributed by atoms with Crippen LogP contribution >= 0.6 is 11.3 Å². The van der Waals surface area contributed by atoms with Gasteiger partial charge in [-0.25, -0.2) is 14.4 Å². The van der Waals surface area contributed by atoms with Gasteiger partial charge in [-0.3, -0.25) is 4.79 Å². The molecule has 0 saturated carbocycles. The highest BCUT2D eigenvalue weighted by atomic mass is 32.1. The van der Waals surface area contributed by atoms with Crippen LogP contribution in [0.2, 0.25) is 0 Å². The second-order valence-corrected chi connectivity index (χ2v) is 6.85.